The van der Waals surface area contributed by atoms with E-state index in [1.807, 2.05) is 6.07 Å². The predicted octanol–water partition coefficient (Wildman–Crippen LogP) is 3.51. The second kappa shape index (κ2) is 7.74. The fraction of sp³-hybridized carbons (Fsp3) is 0.176. The van der Waals surface area contributed by atoms with Crippen LogP contribution in [-0.2, 0) is 9.53 Å². The zero-order valence-corrected chi connectivity index (χ0v) is 13.1. The van der Waals surface area contributed by atoms with Crippen molar-refractivity contribution in [1.82, 2.24) is 5.32 Å². The van der Waals surface area contributed by atoms with Gasteiger partial charge in [0.05, 0.1) is 11.6 Å². The molecule has 0 saturated heterocycles. The number of esters is 1. The van der Waals surface area contributed by atoms with Gasteiger partial charge in [0.2, 0.25) is 0 Å². The lowest BCUT2D eigenvalue weighted by Crippen LogP contribution is -2.31. The second-order valence-electron chi connectivity index (χ2n) is 4.89. The fourth-order valence-corrected chi connectivity index (χ4v) is 2.29. The molecule has 1 N–H and O–H groups in total. The van der Waals surface area contributed by atoms with Gasteiger partial charge in [0.15, 0.2) is 6.61 Å². The molecule has 1 atom stereocenters. The normalized spacial score (nSPS) is 11.6. The molecule has 0 radical (unpaired) electrons. The Hall–Kier alpha value is -2.40. The van der Waals surface area contributed by atoms with Gasteiger partial charge >= 0.3 is 5.97 Å². The Bertz CT molecular complexity index is 703. The Morgan fingerprint density at radius 1 is 1.17 bits per heavy atom. The van der Waals surface area contributed by atoms with E-state index in [1.54, 1.807) is 25.1 Å². The lowest BCUT2D eigenvalue weighted by Gasteiger charge is -2.15. The highest BCUT2D eigenvalue weighted by Gasteiger charge is 2.14. The number of rotatable bonds is 5. The number of carbonyl (C=O) groups excluding carboxylic acids is 2. The van der Waals surface area contributed by atoms with Crippen molar-refractivity contribution >= 4 is 23.5 Å². The van der Waals surface area contributed by atoms with Crippen LogP contribution in [0, 0.1) is 5.82 Å². The quantitative estimate of drug-likeness (QED) is 0.851. The van der Waals surface area contributed by atoms with Crippen molar-refractivity contribution in [2.24, 2.45) is 0 Å². The van der Waals surface area contributed by atoms with Crippen LogP contribution in [0.1, 0.15) is 28.9 Å². The summed E-state index contributed by atoms with van der Waals surface area (Å²) in [5.74, 6) is -1.59. The van der Waals surface area contributed by atoms with E-state index in [0.29, 0.717) is 5.02 Å². The maximum Gasteiger partial charge on any atom is 0.338 e. The van der Waals surface area contributed by atoms with E-state index in [9.17, 15) is 14.0 Å². The molecule has 0 unspecified atom stereocenters. The molecule has 0 bridgehead atoms. The minimum atomic E-state index is -0.689. The zero-order chi connectivity index (χ0) is 16.8. The van der Waals surface area contributed by atoms with Crippen molar-refractivity contribution in [2.75, 3.05) is 6.61 Å². The number of hydrogen-bond acceptors (Lipinski definition) is 3. The van der Waals surface area contributed by atoms with Crippen LogP contribution in [0.15, 0.2) is 48.5 Å². The van der Waals surface area contributed by atoms with Crippen molar-refractivity contribution in [1.29, 1.82) is 0 Å². The first-order valence-electron chi connectivity index (χ1n) is 6.94. The standard InChI is InChI=1S/C17H15ClFNO3/c1-11(14-4-2-3-5-15(14)18)20-16(21)10-23-17(22)12-6-8-13(19)9-7-12/h2-9,11H,10H2,1H3,(H,20,21)/t11-/m1/s1. The van der Waals surface area contributed by atoms with E-state index in [4.69, 9.17) is 16.3 Å². The minimum absolute atomic E-state index is 0.179. The van der Waals surface area contributed by atoms with E-state index < -0.39 is 24.3 Å². The third-order valence-electron chi connectivity index (χ3n) is 3.16. The van der Waals surface area contributed by atoms with Crippen LogP contribution in [0.2, 0.25) is 5.02 Å². The molecular weight excluding hydrogens is 321 g/mol. The van der Waals surface area contributed by atoms with Crippen LogP contribution < -0.4 is 5.32 Å². The fourth-order valence-electron chi connectivity index (χ4n) is 1.99. The largest absolute Gasteiger partial charge is 0.452 e. The van der Waals surface area contributed by atoms with Crippen LogP contribution in [0.5, 0.6) is 0 Å². The van der Waals surface area contributed by atoms with E-state index in [2.05, 4.69) is 5.32 Å². The molecule has 0 heterocycles. The molecule has 4 nitrogen and oxygen atoms in total. The van der Waals surface area contributed by atoms with Crippen molar-refractivity contribution in [3.63, 3.8) is 0 Å². The Morgan fingerprint density at radius 2 is 1.83 bits per heavy atom. The van der Waals surface area contributed by atoms with Gasteiger partial charge in [0.25, 0.3) is 5.91 Å². The van der Waals surface area contributed by atoms with Gasteiger partial charge in [-0.2, -0.15) is 0 Å². The van der Waals surface area contributed by atoms with Crippen molar-refractivity contribution in [2.45, 2.75) is 13.0 Å². The van der Waals surface area contributed by atoms with Crippen LogP contribution in [0.25, 0.3) is 0 Å². The summed E-state index contributed by atoms with van der Waals surface area (Å²) in [7, 11) is 0. The Labute approximate surface area is 138 Å². The molecule has 23 heavy (non-hydrogen) atoms. The third-order valence-corrected chi connectivity index (χ3v) is 3.51. The number of carbonyl (C=O) groups is 2. The summed E-state index contributed by atoms with van der Waals surface area (Å²) in [5, 5.41) is 3.24. The van der Waals surface area contributed by atoms with Crippen LogP contribution in [-0.4, -0.2) is 18.5 Å². The molecule has 0 spiro atoms. The topological polar surface area (TPSA) is 55.4 Å². The van der Waals surface area contributed by atoms with Gasteiger partial charge in [-0.1, -0.05) is 29.8 Å². The summed E-state index contributed by atoms with van der Waals surface area (Å²) >= 11 is 6.06. The van der Waals surface area contributed by atoms with Crippen LogP contribution >= 0.6 is 11.6 Å². The first kappa shape index (κ1) is 17.0. The van der Waals surface area contributed by atoms with E-state index in [0.717, 1.165) is 17.7 Å². The summed E-state index contributed by atoms with van der Waals surface area (Å²) in [6.07, 6.45) is 0. The van der Waals surface area contributed by atoms with Crippen molar-refractivity contribution in [3.8, 4) is 0 Å². The van der Waals surface area contributed by atoms with Gasteiger partial charge < -0.3 is 10.1 Å². The average molecular weight is 336 g/mol. The summed E-state index contributed by atoms with van der Waals surface area (Å²) in [5.41, 5.74) is 0.950. The Balaban J connectivity index is 1.86. The molecule has 1 amide bonds. The van der Waals surface area contributed by atoms with Gasteiger partial charge in [0, 0.05) is 5.02 Å². The molecule has 0 aromatic heterocycles. The van der Waals surface area contributed by atoms with E-state index >= 15 is 0 Å². The minimum Gasteiger partial charge on any atom is -0.452 e. The van der Waals surface area contributed by atoms with E-state index in [-0.39, 0.29) is 11.6 Å². The number of nitrogens with one attached hydrogen (secondary N) is 1. The highest BCUT2D eigenvalue weighted by Crippen LogP contribution is 2.21. The molecule has 2 aromatic rings. The molecule has 0 aliphatic heterocycles. The highest BCUT2D eigenvalue weighted by molar-refractivity contribution is 6.31. The third kappa shape index (κ3) is 4.79. The predicted molar refractivity (Wildman–Crippen MR) is 84.7 cm³/mol. The van der Waals surface area contributed by atoms with Gasteiger partial charge in [-0.25, -0.2) is 9.18 Å². The summed E-state index contributed by atoms with van der Waals surface area (Å²) in [6, 6.07) is 11.7. The summed E-state index contributed by atoms with van der Waals surface area (Å²) in [6.45, 7) is 1.35. The number of amides is 1. The molecule has 2 rings (SSSR count). The molecule has 0 fully saturated rings. The van der Waals surface area contributed by atoms with Crippen LogP contribution in [0.4, 0.5) is 4.39 Å². The Kier molecular flexibility index (Phi) is 5.71. The summed E-state index contributed by atoms with van der Waals surface area (Å²) in [4.78, 5) is 23.6. The first-order chi connectivity index (χ1) is 11.0. The van der Waals surface area contributed by atoms with Gasteiger partial charge in [-0.05, 0) is 42.8 Å². The first-order valence-corrected chi connectivity index (χ1v) is 7.31. The molecule has 0 aliphatic rings. The maximum absolute atomic E-state index is 12.8. The molecule has 6 heteroatoms. The van der Waals surface area contributed by atoms with Crippen LogP contribution in [0.3, 0.4) is 0 Å². The number of ether oxygens (including phenoxy) is 1. The maximum atomic E-state index is 12.8. The molecule has 2 aromatic carbocycles. The average Bonchev–Trinajstić information content (AvgIpc) is 2.53. The molecular formula is C17H15ClFNO3. The highest BCUT2D eigenvalue weighted by atomic mass is 35.5. The lowest BCUT2D eigenvalue weighted by atomic mass is 10.1. The number of halogens is 2. The SMILES string of the molecule is C[C@@H](NC(=O)COC(=O)c1ccc(F)cc1)c1ccccc1Cl. The number of benzene rings is 2. The summed E-state index contributed by atoms with van der Waals surface area (Å²) < 4.78 is 17.7. The Morgan fingerprint density at radius 3 is 2.48 bits per heavy atom. The molecule has 120 valence electrons. The smallest absolute Gasteiger partial charge is 0.338 e. The van der Waals surface area contributed by atoms with Crippen molar-refractivity contribution < 1.29 is 18.7 Å². The zero-order valence-electron chi connectivity index (χ0n) is 12.4. The van der Waals surface area contributed by atoms with Gasteiger partial charge in [-0.3, -0.25) is 4.79 Å². The second-order valence-corrected chi connectivity index (χ2v) is 5.30. The van der Waals surface area contributed by atoms with E-state index in [1.165, 1.54) is 12.1 Å². The lowest BCUT2D eigenvalue weighted by molar-refractivity contribution is -0.124. The van der Waals surface area contributed by atoms with Gasteiger partial charge in [-0.15, -0.1) is 0 Å². The number of hydrogen-bond donors (Lipinski definition) is 1. The molecule has 0 aliphatic carbocycles. The van der Waals surface area contributed by atoms with Gasteiger partial charge in [0.1, 0.15) is 5.82 Å². The monoisotopic (exact) mass is 335 g/mol. The van der Waals surface area contributed by atoms with Crippen molar-refractivity contribution in [3.05, 3.63) is 70.5 Å². The molecule has 0 saturated carbocycles.